The number of hydrogen-bond acceptors (Lipinski definition) is 5. The number of hydrogen-bond donors (Lipinski definition) is 1. The van der Waals surface area contributed by atoms with Gasteiger partial charge in [0, 0.05) is 12.1 Å². The first kappa shape index (κ1) is 13.5. The average Bonchev–Trinajstić information content (AvgIpc) is 2.92. The summed E-state index contributed by atoms with van der Waals surface area (Å²) in [6.07, 6.45) is 3.33. The Kier molecular flexibility index (Phi) is 3.79. The van der Waals surface area contributed by atoms with Crippen molar-refractivity contribution < 1.29 is 4.74 Å². The molecule has 108 valence electrons. The van der Waals surface area contributed by atoms with E-state index in [4.69, 9.17) is 10.5 Å². The third-order valence-corrected chi connectivity index (χ3v) is 3.22. The van der Waals surface area contributed by atoms with Crippen molar-refractivity contribution in [2.75, 3.05) is 13.2 Å². The van der Waals surface area contributed by atoms with Crippen molar-refractivity contribution >= 4 is 11.0 Å². The summed E-state index contributed by atoms with van der Waals surface area (Å²) in [5.41, 5.74) is 8.16. The minimum atomic E-state index is 0.519. The van der Waals surface area contributed by atoms with Crippen LogP contribution in [0.1, 0.15) is 6.92 Å². The number of fused-ring (bicyclic) bond motifs is 1. The highest BCUT2D eigenvalue weighted by Gasteiger charge is 2.14. The van der Waals surface area contributed by atoms with Gasteiger partial charge >= 0.3 is 0 Å². The number of ether oxygens (including phenoxy) is 1. The van der Waals surface area contributed by atoms with E-state index in [1.807, 2.05) is 31.2 Å². The Balaban J connectivity index is 2.17. The zero-order valence-corrected chi connectivity index (χ0v) is 11.9. The molecule has 0 saturated heterocycles. The van der Waals surface area contributed by atoms with Crippen LogP contribution in [-0.2, 0) is 6.54 Å². The Morgan fingerprint density at radius 1 is 1.24 bits per heavy atom. The van der Waals surface area contributed by atoms with Gasteiger partial charge in [0.05, 0.1) is 30.4 Å². The van der Waals surface area contributed by atoms with E-state index in [2.05, 4.69) is 15.1 Å². The summed E-state index contributed by atoms with van der Waals surface area (Å²) in [7, 11) is 0. The summed E-state index contributed by atoms with van der Waals surface area (Å²) in [6, 6.07) is 7.85. The van der Waals surface area contributed by atoms with Crippen molar-refractivity contribution in [1.29, 1.82) is 0 Å². The highest BCUT2D eigenvalue weighted by atomic mass is 16.5. The first-order valence-electron chi connectivity index (χ1n) is 6.94. The summed E-state index contributed by atoms with van der Waals surface area (Å²) in [6.45, 7) is 3.72. The van der Waals surface area contributed by atoms with E-state index in [-0.39, 0.29) is 0 Å². The lowest BCUT2D eigenvalue weighted by Gasteiger charge is -2.10. The molecule has 3 aromatic rings. The molecule has 0 radical (unpaired) electrons. The molecular weight excluding hydrogens is 266 g/mol. The molecule has 0 aliphatic rings. The summed E-state index contributed by atoms with van der Waals surface area (Å²) in [4.78, 5) is 8.73. The lowest BCUT2D eigenvalue weighted by Crippen LogP contribution is -2.11. The van der Waals surface area contributed by atoms with Crippen LogP contribution in [0.25, 0.3) is 22.3 Å². The molecule has 3 rings (SSSR count). The average molecular weight is 283 g/mol. The lowest BCUT2D eigenvalue weighted by atomic mass is 10.1. The topological polar surface area (TPSA) is 78.9 Å². The second-order valence-corrected chi connectivity index (χ2v) is 4.55. The maximum absolute atomic E-state index is 5.69. The summed E-state index contributed by atoms with van der Waals surface area (Å²) >= 11 is 0. The van der Waals surface area contributed by atoms with E-state index in [1.165, 1.54) is 0 Å². The smallest absolute Gasteiger partial charge is 0.161 e. The van der Waals surface area contributed by atoms with Gasteiger partial charge in [0.2, 0.25) is 0 Å². The molecular formula is C15H17N5O. The van der Waals surface area contributed by atoms with Crippen LogP contribution in [0.2, 0.25) is 0 Å². The highest BCUT2D eigenvalue weighted by molar-refractivity contribution is 5.91. The van der Waals surface area contributed by atoms with Gasteiger partial charge < -0.3 is 10.5 Å². The minimum absolute atomic E-state index is 0.519. The number of rotatable bonds is 5. The molecule has 0 aliphatic carbocycles. The molecule has 2 N–H and O–H groups in total. The Morgan fingerprint density at radius 3 is 2.90 bits per heavy atom. The molecule has 2 aromatic heterocycles. The zero-order valence-electron chi connectivity index (χ0n) is 11.9. The maximum atomic E-state index is 5.69. The third-order valence-electron chi connectivity index (χ3n) is 3.22. The number of para-hydroxylation sites is 1. The second kappa shape index (κ2) is 5.88. The predicted molar refractivity (Wildman–Crippen MR) is 81.0 cm³/mol. The van der Waals surface area contributed by atoms with Gasteiger partial charge in [-0.15, -0.1) is 0 Å². The fourth-order valence-corrected chi connectivity index (χ4v) is 2.34. The standard InChI is InChI=1S/C15H17N5O/c1-2-21-13-6-4-3-5-11(13)14-12-9-19-20(8-7-16)15(12)18-10-17-14/h3-6,9-10H,2,7-8,16H2,1H3. The normalized spacial score (nSPS) is 11.0. The van der Waals surface area contributed by atoms with Gasteiger partial charge in [0.15, 0.2) is 5.65 Å². The number of nitrogens with two attached hydrogens (primary N) is 1. The van der Waals surface area contributed by atoms with Gasteiger partial charge in [-0.3, -0.25) is 0 Å². The van der Waals surface area contributed by atoms with E-state index >= 15 is 0 Å². The van der Waals surface area contributed by atoms with Crippen molar-refractivity contribution in [3.8, 4) is 17.0 Å². The van der Waals surface area contributed by atoms with Crippen molar-refractivity contribution in [1.82, 2.24) is 19.7 Å². The highest BCUT2D eigenvalue weighted by Crippen LogP contribution is 2.32. The van der Waals surface area contributed by atoms with Crippen molar-refractivity contribution in [2.45, 2.75) is 13.5 Å². The first-order valence-corrected chi connectivity index (χ1v) is 6.94. The van der Waals surface area contributed by atoms with E-state index in [0.29, 0.717) is 19.7 Å². The minimum Gasteiger partial charge on any atom is -0.493 e. The van der Waals surface area contributed by atoms with Gasteiger partial charge in [0.25, 0.3) is 0 Å². The van der Waals surface area contributed by atoms with Crippen LogP contribution in [-0.4, -0.2) is 32.9 Å². The SMILES string of the molecule is CCOc1ccccc1-c1ncnc2c1cnn2CCN. The molecule has 0 spiro atoms. The van der Waals surface area contributed by atoms with E-state index in [0.717, 1.165) is 28.0 Å². The van der Waals surface area contributed by atoms with Crippen molar-refractivity contribution in [2.24, 2.45) is 5.73 Å². The van der Waals surface area contributed by atoms with Gasteiger partial charge in [-0.05, 0) is 19.1 Å². The van der Waals surface area contributed by atoms with Gasteiger partial charge in [-0.2, -0.15) is 5.10 Å². The number of nitrogens with zero attached hydrogens (tertiary/aromatic N) is 4. The Morgan fingerprint density at radius 2 is 2.10 bits per heavy atom. The molecule has 0 unspecified atom stereocenters. The van der Waals surface area contributed by atoms with Crippen LogP contribution in [0.3, 0.4) is 0 Å². The van der Waals surface area contributed by atoms with E-state index < -0.39 is 0 Å². The second-order valence-electron chi connectivity index (χ2n) is 4.55. The van der Waals surface area contributed by atoms with Gasteiger partial charge in [-0.25, -0.2) is 14.6 Å². The van der Waals surface area contributed by atoms with Gasteiger partial charge in [0.1, 0.15) is 12.1 Å². The maximum Gasteiger partial charge on any atom is 0.161 e. The number of benzene rings is 1. The molecule has 0 amide bonds. The van der Waals surface area contributed by atoms with Crippen LogP contribution in [0, 0.1) is 0 Å². The largest absolute Gasteiger partial charge is 0.493 e. The van der Waals surface area contributed by atoms with Crippen LogP contribution in [0.5, 0.6) is 5.75 Å². The summed E-state index contributed by atoms with van der Waals surface area (Å²) < 4.78 is 7.48. The Bertz CT molecular complexity index is 753. The third kappa shape index (κ3) is 2.45. The monoisotopic (exact) mass is 283 g/mol. The molecule has 6 nitrogen and oxygen atoms in total. The van der Waals surface area contributed by atoms with Gasteiger partial charge in [-0.1, -0.05) is 12.1 Å². The fourth-order valence-electron chi connectivity index (χ4n) is 2.34. The molecule has 2 heterocycles. The summed E-state index contributed by atoms with van der Waals surface area (Å²) in [5, 5.41) is 5.24. The summed E-state index contributed by atoms with van der Waals surface area (Å²) in [5.74, 6) is 0.812. The first-order chi connectivity index (χ1) is 10.3. The van der Waals surface area contributed by atoms with E-state index in [9.17, 15) is 0 Å². The van der Waals surface area contributed by atoms with Crippen LogP contribution in [0.4, 0.5) is 0 Å². The molecule has 21 heavy (non-hydrogen) atoms. The molecule has 1 aromatic carbocycles. The molecule has 0 atom stereocenters. The zero-order chi connectivity index (χ0) is 14.7. The predicted octanol–water partition coefficient (Wildman–Crippen LogP) is 1.85. The van der Waals surface area contributed by atoms with Crippen LogP contribution >= 0.6 is 0 Å². The number of aromatic nitrogens is 4. The lowest BCUT2D eigenvalue weighted by molar-refractivity contribution is 0.341. The van der Waals surface area contributed by atoms with Crippen LogP contribution < -0.4 is 10.5 Å². The van der Waals surface area contributed by atoms with Crippen molar-refractivity contribution in [3.05, 3.63) is 36.8 Å². The molecule has 0 saturated carbocycles. The Hall–Kier alpha value is -2.47. The quantitative estimate of drug-likeness (QED) is 0.773. The fraction of sp³-hybridized carbons (Fsp3) is 0.267. The molecule has 0 fully saturated rings. The van der Waals surface area contributed by atoms with E-state index in [1.54, 1.807) is 17.2 Å². The van der Waals surface area contributed by atoms with Crippen molar-refractivity contribution in [3.63, 3.8) is 0 Å². The molecule has 6 heteroatoms. The molecule has 0 bridgehead atoms. The van der Waals surface area contributed by atoms with Crippen LogP contribution in [0.15, 0.2) is 36.8 Å². The molecule has 0 aliphatic heterocycles. The Labute approximate surface area is 122 Å².